The van der Waals surface area contributed by atoms with Crippen LogP contribution in [0.2, 0.25) is 0 Å². The van der Waals surface area contributed by atoms with Crippen molar-refractivity contribution >= 4 is 29.2 Å². The van der Waals surface area contributed by atoms with Crippen LogP contribution < -0.4 is 0 Å². The fraction of sp³-hybridized carbons (Fsp3) is 0.800. The molecule has 4 heteroatoms. The largest absolute Gasteiger partial charge is 0.464 e. The number of alkyl halides is 2. The molecule has 0 rings (SSSR count). The minimum absolute atomic E-state index is 0.262. The molecule has 0 amide bonds. The summed E-state index contributed by atoms with van der Waals surface area (Å²) in [6, 6.07) is 0. The average molecular weight is 171 g/mol. The molecular formula is C5H8Cl2O2. The molecule has 0 fully saturated rings. The van der Waals surface area contributed by atoms with Gasteiger partial charge in [-0.3, -0.25) is 4.79 Å². The number of rotatable bonds is 4. The van der Waals surface area contributed by atoms with Crippen LogP contribution >= 0.6 is 23.2 Å². The van der Waals surface area contributed by atoms with Crippen molar-refractivity contribution in [3.8, 4) is 0 Å². The monoisotopic (exact) mass is 170 g/mol. The molecule has 0 saturated carbocycles. The van der Waals surface area contributed by atoms with E-state index in [2.05, 4.69) is 4.74 Å². The van der Waals surface area contributed by atoms with Gasteiger partial charge < -0.3 is 4.74 Å². The first-order valence-electron chi connectivity index (χ1n) is 2.58. The molecule has 0 aliphatic heterocycles. The number of hydrogen-bond acceptors (Lipinski definition) is 2. The van der Waals surface area contributed by atoms with E-state index in [-0.39, 0.29) is 19.0 Å². The Kier molecular flexibility index (Phi) is 6.21. The molecule has 9 heavy (non-hydrogen) atoms. The van der Waals surface area contributed by atoms with E-state index < -0.39 is 0 Å². The summed E-state index contributed by atoms with van der Waals surface area (Å²) in [5.41, 5.74) is 0. The molecule has 0 aliphatic carbocycles. The predicted octanol–water partition coefficient (Wildman–Crippen LogP) is 1.40. The molecule has 0 N–H and O–H groups in total. The lowest BCUT2D eigenvalue weighted by atomic mass is 10.5. The second kappa shape index (κ2) is 6.17. The highest BCUT2D eigenvalue weighted by Gasteiger charge is 1.98. The summed E-state index contributed by atoms with van der Waals surface area (Å²) in [6.07, 6.45) is 0.262. The van der Waals surface area contributed by atoms with Gasteiger partial charge in [0.05, 0.1) is 12.3 Å². The maximum Gasteiger partial charge on any atom is 0.307 e. The van der Waals surface area contributed by atoms with Crippen LogP contribution in [0.3, 0.4) is 0 Å². The Bertz CT molecular complexity index is 85.0. The summed E-state index contributed by atoms with van der Waals surface area (Å²) < 4.78 is 4.58. The third kappa shape index (κ3) is 5.93. The SMILES string of the molecule is O=C(CCCl)OCCCl. The van der Waals surface area contributed by atoms with Gasteiger partial charge in [-0.05, 0) is 0 Å². The second-order valence-corrected chi connectivity index (χ2v) is 2.10. The molecule has 0 bridgehead atoms. The van der Waals surface area contributed by atoms with E-state index >= 15 is 0 Å². The normalized spacial score (nSPS) is 9.11. The number of carbonyl (C=O) groups excluding carboxylic acids is 1. The Morgan fingerprint density at radius 2 is 2.00 bits per heavy atom. The van der Waals surface area contributed by atoms with Crippen molar-refractivity contribution in [1.82, 2.24) is 0 Å². The van der Waals surface area contributed by atoms with Gasteiger partial charge in [-0.25, -0.2) is 0 Å². The van der Waals surface area contributed by atoms with Crippen LogP contribution in [0.1, 0.15) is 6.42 Å². The van der Waals surface area contributed by atoms with Crippen LogP contribution in [0.5, 0.6) is 0 Å². The number of ether oxygens (including phenoxy) is 1. The molecular weight excluding hydrogens is 163 g/mol. The van der Waals surface area contributed by atoms with Gasteiger partial charge in [-0.2, -0.15) is 0 Å². The Morgan fingerprint density at radius 3 is 2.44 bits per heavy atom. The molecule has 0 aliphatic rings. The predicted molar refractivity (Wildman–Crippen MR) is 37.0 cm³/mol. The van der Waals surface area contributed by atoms with Crippen LogP contribution in [-0.4, -0.2) is 24.3 Å². The number of halogens is 2. The highest BCUT2D eigenvalue weighted by molar-refractivity contribution is 6.19. The number of esters is 1. The third-order valence-corrected chi connectivity index (χ3v) is 0.982. The van der Waals surface area contributed by atoms with Gasteiger partial charge in [-0.1, -0.05) is 0 Å². The van der Waals surface area contributed by atoms with Crippen molar-refractivity contribution in [2.45, 2.75) is 6.42 Å². The second-order valence-electron chi connectivity index (χ2n) is 1.35. The zero-order valence-corrected chi connectivity index (χ0v) is 6.41. The summed E-state index contributed by atoms with van der Waals surface area (Å²) in [7, 11) is 0. The fourth-order valence-electron chi connectivity index (χ4n) is 0.302. The van der Waals surface area contributed by atoms with Crippen molar-refractivity contribution in [2.75, 3.05) is 18.4 Å². The Labute approximate surface area is 64.1 Å². The molecule has 0 saturated heterocycles. The first kappa shape index (κ1) is 9.05. The van der Waals surface area contributed by atoms with Gasteiger partial charge in [0.1, 0.15) is 6.61 Å². The molecule has 0 radical (unpaired) electrons. The van der Waals surface area contributed by atoms with E-state index in [1.54, 1.807) is 0 Å². The van der Waals surface area contributed by atoms with Gasteiger partial charge in [0, 0.05) is 5.88 Å². The van der Waals surface area contributed by atoms with Crippen molar-refractivity contribution in [1.29, 1.82) is 0 Å². The summed E-state index contributed by atoms with van der Waals surface area (Å²) in [5, 5.41) is 0. The third-order valence-electron chi connectivity index (χ3n) is 0.639. The quantitative estimate of drug-likeness (QED) is 0.472. The standard InChI is InChI=1S/C5H8Cl2O2/c6-2-1-5(8)9-4-3-7/h1-4H2. The summed E-state index contributed by atoms with van der Waals surface area (Å²) in [5.74, 6) is 0.362. The van der Waals surface area contributed by atoms with E-state index in [4.69, 9.17) is 23.2 Å². The maximum atomic E-state index is 10.4. The van der Waals surface area contributed by atoms with Crippen LogP contribution in [0.25, 0.3) is 0 Å². The van der Waals surface area contributed by atoms with Gasteiger partial charge in [0.15, 0.2) is 0 Å². The summed E-state index contributed by atoms with van der Waals surface area (Å²) >= 11 is 10.5. The molecule has 0 spiro atoms. The van der Waals surface area contributed by atoms with Crippen molar-refractivity contribution < 1.29 is 9.53 Å². The lowest BCUT2D eigenvalue weighted by Crippen LogP contribution is -2.06. The topological polar surface area (TPSA) is 26.3 Å². The van der Waals surface area contributed by atoms with Gasteiger partial charge in [0.25, 0.3) is 0 Å². The van der Waals surface area contributed by atoms with E-state index in [0.717, 1.165) is 0 Å². The van der Waals surface area contributed by atoms with Crippen LogP contribution in [0, 0.1) is 0 Å². The Morgan fingerprint density at radius 1 is 1.33 bits per heavy atom. The molecule has 0 aromatic heterocycles. The first-order valence-corrected chi connectivity index (χ1v) is 3.65. The van der Waals surface area contributed by atoms with Gasteiger partial charge in [-0.15, -0.1) is 23.2 Å². The van der Waals surface area contributed by atoms with Gasteiger partial charge >= 0.3 is 5.97 Å². The molecule has 0 unspecified atom stereocenters. The highest BCUT2D eigenvalue weighted by atomic mass is 35.5. The summed E-state index contributed by atoms with van der Waals surface area (Å²) in [4.78, 5) is 10.4. The maximum absolute atomic E-state index is 10.4. The number of carbonyl (C=O) groups is 1. The molecule has 2 nitrogen and oxygen atoms in total. The summed E-state index contributed by atoms with van der Waals surface area (Å²) in [6.45, 7) is 0.275. The van der Waals surface area contributed by atoms with E-state index in [1.807, 2.05) is 0 Å². The van der Waals surface area contributed by atoms with Crippen LogP contribution in [0.4, 0.5) is 0 Å². The Hall–Kier alpha value is 0.0500. The van der Waals surface area contributed by atoms with E-state index in [0.29, 0.717) is 11.8 Å². The van der Waals surface area contributed by atoms with Crippen molar-refractivity contribution in [3.63, 3.8) is 0 Å². The van der Waals surface area contributed by atoms with Crippen LogP contribution in [0.15, 0.2) is 0 Å². The minimum Gasteiger partial charge on any atom is -0.464 e. The lowest BCUT2D eigenvalue weighted by Gasteiger charge is -1.97. The molecule has 54 valence electrons. The molecule has 0 atom stereocenters. The molecule has 0 aromatic carbocycles. The van der Waals surface area contributed by atoms with Crippen LogP contribution in [-0.2, 0) is 9.53 Å². The number of hydrogen-bond donors (Lipinski definition) is 0. The van der Waals surface area contributed by atoms with Gasteiger partial charge in [0.2, 0.25) is 0 Å². The minimum atomic E-state index is -0.286. The first-order chi connectivity index (χ1) is 4.31. The molecule has 0 heterocycles. The zero-order valence-electron chi connectivity index (χ0n) is 4.90. The molecule has 0 aromatic rings. The lowest BCUT2D eigenvalue weighted by molar-refractivity contribution is -0.142. The average Bonchev–Trinajstić information content (AvgIpc) is 1.85. The van der Waals surface area contributed by atoms with Crippen molar-refractivity contribution in [2.24, 2.45) is 0 Å². The Balaban J connectivity index is 3.06. The fourth-order valence-corrected chi connectivity index (χ4v) is 0.533. The van der Waals surface area contributed by atoms with E-state index in [9.17, 15) is 4.79 Å². The van der Waals surface area contributed by atoms with Crippen molar-refractivity contribution in [3.05, 3.63) is 0 Å². The highest BCUT2D eigenvalue weighted by Crippen LogP contribution is 1.89. The smallest absolute Gasteiger partial charge is 0.307 e. The zero-order chi connectivity index (χ0) is 7.11. The van der Waals surface area contributed by atoms with E-state index in [1.165, 1.54) is 0 Å².